The van der Waals surface area contributed by atoms with Gasteiger partial charge >= 0.3 is 0 Å². The van der Waals surface area contributed by atoms with E-state index >= 15 is 0 Å². The summed E-state index contributed by atoms with van der Waals surface area (Å²) in [7, 11) is 0. The van der Waals surface area contributed by atoms with Gasteiger partial charge in [0.25, 0.3) is 5.91 Å². The summed E-state index contributed by atoms with van der Waals surface area (Å²) in [5, 5.41) is 3.10. The molecule has 5 N–H and O–H groups in total. The number of carbonyl (C=O) groups excluding carboxylic acids is 1. The molecule has 1 amide bonds. The van der Waals surface area contributed by atoms with Crippen molar-refractivity contribution in [3.63, 3.8) is 0 Å². The number of nitrogens with zero attached hydrogens (tertiary/aromatic N) is 1. The Balaban J connectivity index is 1.54. The van der Waals surface area contributed by atoms with Gasteiger partial charge in [-0.2, -0.15) is 0 Å². The fourth-order valence-corrected chi connectivity index (χ4v) is 4.10. The molecule has 0 bridgehead atoms. The molecule has 0 saturated carbocycles. The summed E-state index contributed by atoms with van der Waals surface area (Å²) < 4.78 is 11.2. The van der Waals surface area contributed by atoms with Gasteiger partial charge in [0.1, 0.15) is 11.4 Å². The van der Waals surface area contributed by atoms with Crippen LogP contribution in [0.4, 0.5) is 0 Å². The van der Waals surface area contributed by atoms with Gasteiger partial charge in [-0.05, 0) is 48.6 Å². The number of nitrogens with two attached hydrogens (primary N) is 2. The third-order valence-corrected chi connectivity index (χ3v) is 5.74. The number of fused-ring (bicyclic) bond motifs is 1. The normalized spacial score (nSPS) is 17.0. The second-order valence-electron chi connectivity index (χ2n) is 8.29. The predicted molar refractivity (Wildman–Crippen MR) is 124 cm³/mol. The quantitative estimate of drug-likeness (QED) is 0.603. The Hall–Kier alpha value is -3.32. The van der Waals surface area contributed by atoms with Crippen molar-refractivity contribution in [3.8, 4) is 5.75 Å². The number of pyridine rings is 1. The number of hydrogen-bond donors (Lipinski definition) is 3. The fourth-order valence-electron chi connectivity index (χ4n) is 4.10. The Morgan fingerprint density at radius 2 is 1.97 bits per heavy atom. The van der Waals surface area contributed by atoms with Crippen molar-refractivity contribution in [1.29, 1.82) is 0 Å². The molecule has 3 heterocycles. The molecular formula is C25H30N4O3. The molecule has 7 heteroatoms. The van der Waals surface area contributed by atoms with Crippen molar-refractivity contribution in [2.45, 2.75) is 38.6 Å². The molecule has 0 spiro atoms. The van der Waals surface area contributed by atoms with E-state index in [0.717, 1.165) is 53.0 Å². The van der Waals surface area contributed by atoms with Crippen LogP contribution in [0.1, 0.15) is 52.6 Å². The lowest BCUT2D eigenvalue weighted by Crippen LogP contribution is -2.39. The average molecular weight is 435 g/mol. The van der Waals surface area contributed by atoms with Gasteiger partial charge < -0.3 is 26.3 Å². The summed E-state index contributed by atoms with van der Waals surface area (Å²) in [6.07, 6.45) is 6.43. The van der Waals surface area contributed by atoms with Crippen molar-refractivity contribution >= 4 is 11.5 Å². The molecule has 2 aliphatic rings. The van der Waals surface area contributed by atoms with E-state index in [4.69, 9.17) is 20.9 Å². The van der Waals surface area contributed by atoms with Crippen molar-refractivity contribution in [2.24, 2.45) is 11.5 Å². The molecular weight excluding hydrogens is 404 g/mol. The summed E-state index contributed by atoms with van der Waals surface area (Å²) in [6.45, 7) is 3.78. The van der Waals surface area contributed by atoms with Gasteiger partial charge in [0.05, 0.1) is 12.3 Å². The smallest absolute Gasteiger partial charge is 0.270 e. The van der Waals surface area contributed by atoms with Gasteiger partial charge in [-0.15, -0.1) is 0 Å². The third kappa shape index (κ3) is 5.11. The SMILES string of the molecule is C/C(N)=C/C(=C\N)c1ccc(Cc2cc(C(=O)NC3CCOCC3)nc3c2OCC3)cc1. The molecule has 0 atom stereocenters. The minimum Gasteiger partial charge on any atom is -0.491 e. The number of aromatic nitrogens is 1. The van der Waals surface area contributed by atoms with E-state index in [-0.39, 0.29) is 11.9 Å². The van der Waals surface area contributed by atoms with Crippen LogP contribution < -0.4 is 21.5 Å². The summed E-state index contributed by atoms with van der Waals surface area (Å²) in [6, 6.07) is 10.2. The number of carbonyl (C=O) groups is 1. The predicted octanol–water partition coefficient (Wildman–Crippen LogP) is 2.68. The Labute approximate surface area is 188 Å². The van der Waals surface area contributed by atoms with E-state index in [2.05, 4.69) is 22.4 Å². The van der Waals surface area contributed by atoms with E-state index in [1.165, 1.54) is 0 Å². The van der Waals surface area contributed by atoms with Crippen LogP contribution in [0.25, 0.3) is 5.57 Å². The first-order chi connectivity index (χ1) is 15.5. The zero-order chi connectivity index (χ0) is 22.5. The summed E-state index contributed by atoms with van der Waals surface area (Å²) in [4.78, 5) is 17.5. The molecule has 1 aromatic carbocycles. The summed E-state index contributed by atoms with van der Waals surface area (Å²) in [5.74, 6) is 0.672. The van der Waals surface area contributed by atoms with Crippen LogP contribution in [0.2, 0.25) is 0 Å². The first-order valence-electron chi connectivity index (χ1n) is 11.0. The van der Waals surface area contributed by atoms with Crippen LogP contribution in [0.3, 0.4) is 0 Å². The van der Waals surface area contributed by atoms with Gasteiger partial charge in [0, 0.05) is 49.6 Å². The Bertz CT molecular complexity index is 1030. The van der Waals surface area contributed by atoms with E-state index in [0.29, 0.717) is 37.6 Å². The van der Waals surface area contributed by atoms with Crippen LogP contribution in [0, 0.1) is 0 Å². The number of ether oxygens (including phenoxy) is 2. The largest absolute Gasteiger partial charge is 0.491 e. The van der Waals surface area contributed by atoms with Crippen LogP contribution in [-0.2, 0) is 17.6 Å². The highest BCUT2D eigenvalue weighted by molar-refractivity contribution is 5.93. The topological polar surface area (TPSA) is 112 Å². The molecule has 2 aliphatic heterocycles. The van der Waals surface area contributed by atoms with Crippen molar-refractivity contribution in [1.82, 2.24) is 10.3 Å². The van der Waals surface area contributed by atoms with E-state index in [1.54, 1.807) is 6.20 Å². The Kier molecular flexibility index (Phi) is 6.75. The second kappa shape index (κ2) is 9.87. The molecule has 4 rings (SSSR count). The van der Waals surface area contributed by atoms with Crippen LogP contribution in [0.15, 0.2) is 48.3 Å². The maximum absolute atomic E-state index is 12.9. The van der Waals surface area contributed by atoms with Crippen LogP contribution >= 0.6 is 0 Å². The molecule has 1 saturated heterocycles. The second-order valence-corrected chi connectivity index (χ2v) is 8.29. The van der Waals surface area contributed by atoms with Crippen molar-refractivity contribution in [2.75, 3.05) is 19.8 Å². The number of hydrogen-bond acceptors (Lipinski definition) is 6. The number of amides is 1. The van der Waals surface area contributed by atoms with E-state index < -0.39 is 0 Å². The molecule has 2 aromatic rings. The summed E-state index contributed by atoms with van der Waals surface area (Å²) >= 11 is 0. The number of rotatable bonds is 6. The first kappa shape index (κ1) is 21.9. The molecule has 7 nitrogen and oxygen atoms in total. The minimum absolute atomic E-state index is 0.134. The standard InChI is InChI=1S/C25H30N4O3/c1-16(27)12-20(15-26)18-4-2-17(3-5-18)13-19-14-23(29-22-8-11-32-24(19)22)25(30)28-21-6-9-31-10-7-21/h2-5,12,14-15,21H,6-11,13,26-27H2,1H3,(H,28,30)/b16-12-,20-15+. The zero-order valence-electron chi connectivity index (χ0n) is 18.4. The zero-order valence-corrected chi connectivity index (χ0v) is 18.4. The lowest BCUT2D eigenvalue weighted by Gasteiger charge is -2.23. The lowest BCUT2D eigenvalue weighted by molar-refractivity contribution is 0.0694. The van der Waals surface area contributed by atoms with Gasteiger partial charge in [-0.3, -0.25) is 4.79 Å². The van der Waals surface area contributed by atoms with E-state index in [1.807, 2.05) is 31.2 Å². The van der Waals surface area contributed by atoms with Gasteiger partial charge in [0.2, 0.25) is 0 Å². The lowest BCUT2D eigenvalue weighted by atomic mass is 9.99. The molecule has 168 valence electrons. The summed E-state index contributed by atoms with van der Waals surface area (Å²) in [5.41, 5.74) is 17.5. The number of benzene rings is 1. The van der Waals surface area contributed by atoms with Gasteiger partial charge in [-0.25, -0.2) is 4.98 Å². The van der Waals surface area contributed by atoms with Gasteiger partial charge in [0.15, 0.2) is 0 Å². The van der Waals surface area contributed by atoms with Crippen molar-refractivity contribution in [3.05, 3.63) is 76.4 Å². The molecule has 1 aromatic heterocycles. The van der Waals surface area contributed by atoms with Crippen molar-refractivity contribution < 1.29 is 14.3 Å². The van der Waals surface area contributed by atoms with Crippen LogP contribution in [-0.4, -0.2) is 36.8 Å². The minimum atomic E-state index is -0.134. The maximum atomic E-state index is 12.9. The Morgan fingerprint density at radius 3 is 2.66 bits per heavy atom. The maximum Gasteiger partial charge on any atom is 0.270 e. The highest BCUT2D eigenvalue weighted by Crippen LogP contribution is 2.31. The monoisotopic (exact) mass is 434 g/mol. The number of nitrogens with one attached hydrogen (secondary N) is 1. The molecule has 32 heavy (non-hydrogen) atoms. The molecule has 1 fully saturated rings. The van der Waals surface area contributed by atoms with E-state index in [9.17, 15) is 4.79 Å². The molecule has 0 radical (unpaired) electrons. The number of allylic oxidation sites excluding steroid dienone is 3. The van der Waals surface area contributed by atoms with Crippen LogP contribution in [0.5, 0.6) is 5.75 Å². The highest BCUT2D eigenvalue weighted by atomic mass is 16.5. The van der Waals surface area contributed by atoms with Gasteiger partial charge in [-0.1, -0.05) is 24.3 Å². The Morgan fingerprint density at radius 1 is 1.22 bits per heavy atom. The molecule has 0 unspecified atom stereocenters. The third-order valence-electron chi connectivity index (χ3n) is 5.74. The molecule has 0 aliphatic carbocycles. The fraction of sp³-hybridized carbons (Fsp3) is 0.360. The average Bonchev–Trinajstić information content (AvgIpc) is 3.28. The first-order valence-corrected chi connectivity index (χ1v) is 11.0. The highest BCUT2D eigenvalue weighted by Gasteiger charge is 2.24.